The number of hydrogen-bond donors (Lipinski definition) is 2. The number of nitrogens with zero attached hydrogens (tertiary/aromatic N) is 4. The van der Waals surface area contributed by atoms with E-state index in [9.17, 15) is 22.4 Å². The fraction of sp³-hybridized carbons (Fsp3) is 0.286. The number of hydrogen-bond acceptors (Lipinski definition) is 6. The van der Waals surface area contributed by atoms with E-state index >= 15 is 0 Å². The van der Waals surface area contributed by atoms with Crippen molar-refractivity contribution >= 4 is 11.5 Å². The average molecular weight is 462 g/mol. The number of piperazine rings is 1. The zero-order valence-electron chi connectivity index (χ0n) is 17.1. The normalized spacial score (nSPS) is 16.5. The lowest BCUT2D eigenvalue weighted by atomic mass is 10.1. The molecule has 0 atom stereocenters. The molecule has 1 fully saturated rings. The molecule has 1 aromatic heterocycles. The highest BCUT2D eigenvalue weighted by molar-refractivity contribution is 6.04. The number of benzene rings is 2. The molecular formula is C21H18F4N6O2. The summed E-state index contributed by atoms with van der Waals surface area (Å²) in [7, 11) is 0. The summed E-state index contributed by atoms with van der Waals surface area (Å²) in [6, 6.07) is 7.03. The van der Waals surface area contributed by atoms with Crippen LogP contribution in [-0.4, -0.2) is 57.0 Å². The standard InChI is InChI=1S/C21H18F4N6O2/c22-13-2-4-17-15(10-13)26-19(14-9-12(21(23,24)25)1-3-16(14)33-17)31-7-5-30(6-8-31)11-18-27-20(32)29-28-18/h1-4,9-10H,5-8,11H2,(H2,27,28,29,32). The summed E-state index contributed by atoms with van der Waals surface area (Å²) in [6.07, 6.45) is -4.54. The summed E-state index contributed by atoms with van der Waals surface area (Å²) in [6.45, 7) is 2.44. The van der Waals surface area contributed by atoms with Crippen LogP contribution in [0.3, 0.4) is 0 Å². The number of rotatable bonds is 2. The van der Waals surface area contributed by atoms with E-state index in [2.05, 4.69) is 25.1 Å². The van der Waals surface area contributed by atoms with Crippen LogP contribution >= 0.6 is 0 Å². The highest BCUT2D eigenvalue weighted by atomic mass is 19.4. The summed E-state index contributed by atoms with van der Waals surface area (Å²) in [5.74, 6) is 0.726. The molecule has 0 saturated carbocycles. The first-order valence-corrected chi connectivity index (χ1v) is 10.1. The molecule has 2 aromatic carbocycles. The van der Waals surface area contributed by atoms with Gasteiger partial charge in [0, 0.05) is 32.2 Å². The predicted molar refractivity (Wildman–Crippen MR) is 110 cm³/mol. The first-order chi connectivity index (χ1) is 15.8. The van der Waals surface area contributed by atoms with Crippen LogP contribution in [0, 0.1) is 5.82 Å². The van der Waals surface area contributed by atoms with Crippen LogP contribution in [-0.2, 0) is 12.7 Å². The Morgan fingerprint density at radius 3 is 2.45 bits per heavy atom. The quantitative estimate of drug-likeness (QED) is 0.571. The van der Waals surface area contributed by atoms with Crippen molar-refractivity contribution in [3.05, 3.63) is 69.7 Å². The highest BCUT2D eigenvalue weighted by Crippen LogP contribution is 2.41. The van der Waals surface area contributed by atoms with Gasteiger partial charge in [-0.15, -0.1) is 0 Å². The third kappa shape index (κ3) is 4.33. The molecule has 1 saturated heterocycles. The molecule has 0 radical (unpaired) electrons. The molecule has 5 rings (SSSR count). The lowest BCUT2D eigenvalue weighted by Crippen LogP contribution is -2.48. The van der Waals surface area contributed by atoms with Gasteiger partial charge in [0.2, 0.25) is 0 Å². The van der Waals surface area contributed by atoms with Crippen LogP contribution in [0.2, 0.25) is 0 Å². The molecular weight excluding hydrogens is 444 g/mol. The second-order valence-corrected chi connectivity index (χ2v) is 7.74. The zero-order chi connectivity index (χ0) is 23.2. The Hall–Kier alpha value is -3.67. The van der Waals surface area contributed by atoms with Gasteiger partial charge >= 0.3 is 11.9 Å². The first kappa shape index (κ1) is 21.2. The second-order valence-electron chi connectivity index (χ2n) is 7.74. The molecule has 2 aliphatic rings. The highest BCUT2D eigenvalue weighted by Gasteiger charge is 2.34. The smallest absolute Gasteiger partial charge is 0.416 e. The minimum atomic E-state index is -4.54. The molecule has 2 N–H and O–H groups in total. The van der Waals surface area contributed by atoms with Gasteiger partial charge in [-0.3, -0.25) is 10.00 Å². The van der Waals surface area contributed by atoms with Crippen molar-refractivity contribution in [1.82, 2.24) is 25.0 Å². The molecule has 12 heteroatoms. The van der Waals surface area contributed by atoms with Gasteiger partial charge < -0.3 is 9.64 Å². The van der Waals surface area contributed by atoms with Crippen molar-refractivity contribution < 1.29 is 22.3 Å². The number of nitrogens with one attached hydrogen (secondary N) is 2. The topological polar surface area (TPSA) is 89.6 Å². The monoisotopic (exact) mass is 462 g/mol. The van der Waals surface area contributed by atoms with Gasteiger partial charge in [0.05, 0.1) is 17.7 Å². The number of amidine groups is 1. The lowest BCUT2D eigenvalue weighted by Gasteiger charge is -2.36. The van der Waals surface area contributed by atoms with Crippen LogP contribution in [0.25, 0.3) is 0 Å². The maximum atomic E-state index is 13.9. The van der Waals surface area contributed by atoms with Crippen LogP contribution in [0.15, 0.2) is 46.2 Å². The third-order valence-corrected chi connectivity index (χ3v) is 5.51. The van der Waals surface area contributed by atoms with Crippen molar-refractivity contribution in [3.8, 4) is 11.5 Å². The number of fused-ring (bicyclic) bond motifs is 2. The average Bonchev–Trinajstić information content (AvgIpc) is 3.10. The van der Waals surface area contributed by atoms with Crippen molar-refractivity contribution in [2.45, 2.75) is 12.7 Å². The van der Waals surface area contributed by atoms with Crippen LogP contribution in [0.5, 0.6) is 11.5 Å². The fourth-order valence-corrected chi connectivity index (χ4v) is 3.88. The van der Waals surface area contributed by atoms with Gasteiger partial charge in [0.1, 0.15) is 28.9 Å². The Labute approximate surface area is 184 Å². The van der Waals surface area contributed by atoms with Gasteiger partial charge in [-0.1, -0.05) is 0 Å². The Morgan fingerprint density at radius 1 is 1.00 bits per heavy atom. The van der Waals surface area contributed by atoms with E-state index in [4.69, 9.17) is 4.74 Å². The maximum absolute atomic E-state index is 13.9. The van der Waals surface area contributed by atoms with E-state index < -0.39 is 23.2 Å². The first-order valence-electron chi connectivity index (χ1n) is 10.1. The van der Waals surface area contributed by atoms with E-state index in [0.717, 1.165) is 12.1 Å². The van der Waals surface area contributed by atoms with Crippen LogP contribution < -0.4 is 10.4 Å². The number of aromatic amines is 2. The van der Waals surface area contributed by atoms with Gasteiger partial charge in [0.15, 0.2) is 5.75 Å². The number of aromatic nitrogens is 3. The van der Waals surface area contributed by atoms with E-state index in [-0.39, 0.29) is 28.6 Å². The van der Waals surface area contributed by atoms with Crippen molar-refractivity contribution in [3.63, 3.8) is 0 Å². The Balaban J connectivity index is 1.47. The molecule has 8 nitrogen and oxygen atoms in total. The number of alkyl halides is 3. The van der Waals surface area contributed by atoms with Gasteiger partial charge in [-0.25, -0.2) is 19.3 Å². The third-order valence-electron chi connectivity index (χ3n) is 5.51. The summed E-state index contributed by atoms with van der Waals surface area (Å²) in [5.41, 5.74) is -0.895. The van der Waals surface area contributed by atoms with E-state index in [1.165, 1.54) is 24.3 Å². The molecule has 3 aromatic rings. The van der Waals surface area contributed by atoms with Crippen molar-refractivity contribution in [1.29, 1.82) is 0 Å². The Bertz CT molecular complexity index is 1270. The minimum absolute atomic E-state index is 0.187. The summed E-state index contributed by atoms with van der Waals surface area (Å²) < 4.78 is 60.0. The van der Waals surface area contributed by atoms with Gasteiger partial charge in [-0.2, -0.15) is 18.2 Å². The molecule has 0 spiro atoms. The number of aliphatic imine (C=N–C) groups is 1. The molecule has 0 bridgehead atoms. The Morgan fingerprint density at radius 2 is 1.76 bits per heavy atom. The molecule has 2 aliphatic heterocycles. The molecule has 0 amide bonds. The zero-order valence-corrected chi connectivity index (χ0v) is 17.1. The van der Waals surface area contributed by atoms with E-state index in [1.807, 2.05) is 4.90 Å². The van der Waals surface area contributed by atoms with E-state index in [1.54, 1.807) is 0 Å². The van der Waals surface area contributed by atoms with Crippen molar-refractivity contribution in [2.75, 3.05) is 26.2 Å². The predicted octanol–water partition coefficient (Wildman–Crippen LogP) is 3.26. The lowest BCUT2D eigenvalue weighted by molar-refractivity contribution is -0.137. The largest absolute Gasteiger partial charge is 0.454 e. The van der Waals surface area contributed by atoms with Gasteiger partial charge in [0.25, 0.3) is 0 Å². The second kappa shape index (κ2) is 8.03. The molecule has 0 aliphatic carbocycles. The molecule has 172 valence electrons. The van der Waals surface area contributed by atoms with Crippen LogP contribution in [0.4, 0.5) is 23.2 Å². The number of H-pyrrole nitrogens is 2. The number of ether oxygens (including phenoxy) is 1. The molecule has 0 unspecified atom stereocenters. The van der Waals surface area contributed by atoms with Crippen molar-refractivity contribution in [2.24, 2.45) is 4.99 Å². The summed E-state index contributed by atoms with van der Waals surface area (Å²) in [5, 5.41) is 5.08. The maximum Gasteiger partial charge on any atom is 0.416 e. The Kier molecular flexibility index (Phi) is 5.16. The van der Waals surface area contributed by atoms with Gasteiger partial charge in [-0.05, 0) is 30.3 Å². The minimum Gasteiger partial charge on any atom is -0.454 e. The summed E-state index contributed by atoms with van der Waals surface area (Å²) in [4.78, 5) is 23.5. The van der Waals surface area contributed by atoms with Crippen LogP contribution in [0.1, 0.15) is 17.0 Å². The van der Waals surface area contributed by atoms with E-state index in [0.29, 0.717) is 38.5 Å². The molecule has 33 heavy (non-hydrogen) atoms. The summed E-state index contributed by atoms with van der Waals surface area (Å²) >= 11 is 0. The fourth-order valence-electron chi connectivity index (χ4n) is 3.88. The SMILES string of the molecule is O=c1nc(CN2CCN(C3=Nc4cc(F)ccc4Oc4ccc(C(F)(F)F)cc43)CC2)[nH][nH]1. The molecule has 3 heterocycles. The number of halogens is 4.